The van der Waals surface area contributed by atoms with Crippen LogP contribution in [0.25, 0.3) is 0 Å². The minimum absolute atomic E-state index is 0.0349. The SMILES string of the molecule is Cc1ccc(CCC2CCN(C(=O)CCN3C(=O)C4CCCCC4C3=O)CC2)cc1. The summed E-state index contributed by atoms with van der Waals surface area (Å²) in [5.74, 6) is 0.443. The number of aryl methyl sites for hydroxylation is 2. The first-order chi connectivity index (χ1) is 14.5. The van der Waals surface area contributed by atoms with Crippen molar-refractivity contribution in [1.82, 2.24) is 9.80 Å². The van der Waals surface area contributed by atoms with E-state index < -0.39 is 0 Å². The van der Waals surface area contributed by atoms with Gasteiger partial charge in [0.15, 0.2) is 0 Å². The Balaban J connectivity index is 1.19. The van der Waals surface area contributed by atoms with Crippen LogP contribution >= 0.6 is 0 Å². The van der Waals surface area contributed by atoms with Gasteiger partial charge in [-0.2, -0.15) is 0 Å². The monoisotopic (exact) mass is 410 g/mol. The largest absolute Gasteiger partial charge is 0.343 e. The molecule has 30 heavy (non-hydrogen) atoms. The number of benzene rings is 1. The smallest absolute Gasteiger partial charge is 0.233 e. The Morgan fingerprint density at radius 1 is 0.933 bits per heavy atom. The number of fused-ring (bicyclic) bond motifs is 1. The van der Waals surface area contributed by atoms with E-state index >= 15 is 0 Å². The quantitative estimate of drug-likeness (QED) is 0.672. The normalized spacial score (nSPS) is 25.0. The summed E-state index contributed by atoms with van der Waals surface area (Å²) in [7, 11) is 0. The lowest BCUT2D eigenvalue weighted by Gasteiger charge is -2.32. The highest BCUT2D eigenvalue weighted by Gasteiger charge is 2.47. The van der Waals surface area contributed by atoms with Crippen LogP contribution in [-0.2, 0) is 20.8 Å². The van der Waals surface area contributed by atoms with Crippen LogP contribution in [-0.4, -0.2) is 47.2 Å². The summed E-state index contributed by atoms with van der Waals surface area (Å²) in [5.41, 5.74) is 2.68. The molecule has 3 amide bonds. The van der Waals surface area contributed by atoms with Crippen molar-refractivity contribution >= 4 is 17.7 Å². The summed E-state index contributed by atoms with van der Waals surface area (Å²) >= 11 is 0. The van der Waals surface area contributed by atoms with Gasteiger partial charge in [0.05, 0.1) is 11.8 Å². The van der Waals surface area contributed by atoms with Gasteiger partial charge in [-0.15, -0.1) is 0 Å². The number of hydrogen-bond donors (Lipinski definition) is 0. The molecule has 3 aliphatic rings. The lowest BCUT2D eigenvalue weighted by molar-refractivity contribution is -0.141. The molecular formula is C25H34N2O3. The molecule has 0 radical (unpaired) electrons. The van der Waals surface area contributed by atoms with Crippen molar-refractivity contribution in [2.45, 2.75) is 64.7 Å². The van der Waals surface area contributed by atoms with Crippen molar-refractivity contribution < 1.29 is 14.4 Å². The van der Waals surface area contributed by atoms with Crippen LogP contribution in [0, 0.1) is 24.7 Å². The van der Waals surface area contributed by atoms with Gasteiger partial charge >= 0.3 is 0 Å². The third kappa shape index (κ3) is 4.60. The Morgan fingerprint density at radius 2 is 1.53 bits per heavy atom. The Kier molecular flexibility index (Phi) is 6.55. The molecule has 0 bridgehead atoms. The van der Waals surface area contributed by atoms with Gasteiger partial charge in [-0.1, -0.05) is 42.7 Å². The van der Waals surface area contributed by atoms with Crippen molar-refractivity contribution in [2.75, 3.05) is 19.6 Å². The first kappa shape index (κ1) is 21.1. The number of carbonyl (C=O) groups is 3. The van der Waals surface area contributed by atoms with E-state index in [9.17, 15) is 14.4 Å². The van der Waals surface area contributed by atoms with Crippen LogP contribution in [0.3, 0.4) is 0 Å². The highest BCUT2D eigenvalue weighted by molar-refractivity contribution is 6.05. The van der Waals surface area contributed by atoms with Gasteiger partial charge in [0, 0.05) is 26.1 Å². The van der Waals surface area contributed by atoms with Crippen molar-refractivity contribution in [3.05, 3.63) is 35.4 Å². The van der Waals surface area contributed by atoms with Crippen LogP contribution in [0.15, 0.2) is 24.3 Å². The summed E-state index contributed by atoms with van der Waals surface area (Å²) in [6.07, 6.45) is 8.35. The number of imide groups is 1. The topological polar surface area (TPSA) is 57.7 Å². The predicted octanol–water partition coefficient (Wildman–Crippen LogP) is 3.73. The summed E-state index contributed by atoms with van der Waals surface area (Å²) in [5, 5.41) is 0. The molecule has 3 fully saturated rings. The summed E-state index contributed by atoms with van der Waals surface area (Å²) < 4.78 is 0. The molecule has 1 aromatic rings. The minimum Gasteiger partial charge on any atom is -0.343 e. The van der Waals surface area contributed by atoms with E-state index in [2.05, 4.69) is 31.2 Å². The van der Waals surface area contributed by atoms with Crippen LogP contribution in [0.2, 0.25) is 0 Å². The Morgan fingerprint density at radius 3 is 2.13 bits per heavy atom. The third-order valence-electron chi connectivity index (χ3n) is 7.41. The number of likely N-dealkylation sites (tertiary alicyclic amines) is 2. The predicted molar refractivity (Wildman–Crippen MR) is 116 cm³/mol. The zero-order valence-electron chi connectivity index (χ0n) is 18.1. The van der Waals surface area contributed by atoms with E-state index in [1.54, 1.807) is 0 Å². The van der Waals surface area contributed by atoms with E-state index in [0.717, 1.165) is 58.0 Å². The van der Waals surface area contributed by atoms with Crippen molar-refractivity contribution in [2.24, 2.45) is 17.8 Å². The van der Waals surface area contributed by atoms with Gasteiger partial charge in [0.1, 0.15) is 0 Å². The van der Waals surface area contributed by atoms with Gasteiger partial charge in [-0.3, -0.25) is 19.3 Å². The molecule has 1 aromatic carbocycles. The van der Waals surface area contributed by atoms with Crippen LogP contribution < -0.4 is 0 Å². The molecule has 1 aliphatic carbocycles. The molecule has 2 heterocycles. The molecule has 0 aromatic heterocycles. The summed E-state index contributed by atoms with van der Waals surface area (Å²) in [4.78, 5) is 41.1. The zero-order valence-corrected chi connectivity index (χ0v) is 18.1. The summed E-state index contributed by atoms with van der Waals surface area (Å²) in [6.45, 7) is 3.96. The number of piperidine rings is 1. The number of rotatable bonds is 6. The third-order valence-corrected chi connectivity index (χ3v) is 7.41. The van der Waals surface area contributed by atoms with Crippen LogP contribution in [0.4, 0.5) is 0 Å². The standard InChI is InChI=1S/C25H34N2O3/c1-18-6-8-19(9-7-18)10-11-20-12-15-26(16-13-20)23(28)14-17-27-24(29)21-4-2-3-5-22(21)25(27)30/h6-9,20-22H,2-5,10-17H2,1H3. The molecule has 5 nitrogen and oxygen atoms in total. The molecule has 0 N–H and O–H groups in total. The van der Waals surface area contributed by atoms with Crippen molar-refractivity contribution in [3.63, 3.8) is 0 Å². The van der Waals surface area contributed by atoms with E-state index in [0.29, 0.717) is 5.92 Å². The highest BCUT2D eigenvalue weighted by Crippen LogP contribution is 2.38. The van der Waals surface area contributed by atoms with Gasteiger partial charge in [0.25, 0.3) is 0 Å². The van der Waals surface area contributed by atoms with Crippen molar-refractivity contribution in [1.29, 1.82) is 0 Å². The summed E-state index contributed by atoms with van der Waals surface area (Å²) in [6, 6.07) is 8.76. The number of hydrogen-bond acceptors (Lipinski definition) is 3. The molecule has 2 saturated heterocycles. The van der Waals surface area contributed by atoms with Crippen LogP contribution in [0.5, 0.6) is 0 Å². The molecule has 4 rings (SSSR count). The van der Waals surface area contributed by atoms with Gasteiger partial charge in [-0.25, -0.2) is 0 Å². The Labute approximate surface area is 179 Å². The fraction of sp³-hybridized carbons (Fsp3) is 0.640. The second kappa shape index (κ2) is 9.32. The minimum atomic E-state index is -0.120. The molecule has 5 heteroatoms. The number of nitrogens with zero attached hydrogens (tertiary/aromatic N) is 2. The molecule has 2 atom stereocenters. The fourth-order valence-electron chi connectivity index (χ4n) is 5.41. The molecule has 2 aliphatic heterocycles. The molecule has 162 valence electrons. The lowest BCUT2D eigenvalue weighted by Crippen LogP contribution is -2.41. The van der Waals surface area contributed by atoms with Gasteiger partial charge < -0.3 is 4.90 Å². The zero-order chi connectivity index (χ0) is 21.1. The average Bonchev–Trinajstić information content (AvgIpc) is 3.02. The highest BCUT2D eigenvalue weighted by atomic mass is 16.2. The first-order valence-electron chi connectivity index (χ1n) is 11.7. The van der Waals surface area contributed by atoms with Crippen molar-refractivity contribution in [3.8, 4) is 0 Å². The van der Waals surface area contributed by atoms with Gasteiger partial charge in [0.2, 0.25) is 17.7 Å². The Hall–Kier alpha value is -2.17. The number of amides is 3. The fourth-order valence-corrected chi connectivity index (χ4v) is 5.41. The average molecular weight is 411 g/mol. The van der Waals surface area contributed by atoms with E-state index in [4.69, 9.17) is 0 Å². The van der Waals surface area contributed by atoms with Crippen LogP contribution in [0.1, 0.15) is 62.5 Å². The number of carbonyl (C=O) groups excluding carboxylic acids is 3. The molecule has 2 unspecified atom stereocenters. The Bertz CT molecular complexity index is 756. The van der Waals surface area contributed by atoms with E-state index in [-0.39, 0.29) is 42.5 Å². The maximum absolute atomic E-state index is 12.7. The molecule has 0 spiro atoms. The maximum Gasteiger partial charge on any atom is 0.233 e. The second-order valence-electron chi connectivity index (χ2n) is 9.42. The van der Waals surface area contributed by atoms with Gasteiger partial charge in [-0.05, 0) is 56.9 Å². The second-order valence-corrected chi connectivity index (χ2v) is 9.42. The van der Waals surface area contributed by atoms with E-state index in [1.807, 2.05) is 4.90 Å². The maximum atomic E-state index is 12.7. The first-order valence-corrected chi connectivity index (χ1v) is 11.7. The molecule has 1 saturated carbocycles. The molecular weight excluding hydrogens is 376 g/mol. The lowest BCUT2D eigenvalue weighted by atomic mass is 9.81. The van der Waals surface area contributed by atoms with E-state index in [1.165, 1.54) is 22.4 Å².